The molecule has 0 radical (unpaired) electrons. The number of fused-ring (bicyclic) bond motifs is 11. The molecule has 12 aromatic rings. The Balaban J connectivity index is 1.29. The minimum absolute atomic E-state index is 0.0123. The van der Waals surface area contributed by atoms with Gasteiger partial charge in [0.1, 0.15) is 5.58 Å². The second-order valence-electron chi connectivity index (χ2n) is 18.5. The number of nitrogens with zero attached hydrogens (tertiary/aromatic N) is 4. The van der Waals surface area contributed by atoms with Crippen LogP contribution in [0.1, 0.15) is 99.4 Å². The van der Waals surface area contributed by atoms with Gasteiger partial charge in [0.2, 0.25) is 0 Å². The topological polar surface area (TPSA) is 29.5 Å². The smallest absolute Gasteiger partial charge is 0.159 e. The lowest BCUT2D eigenvalue weighted by molar-refractivity contribution is 0.590. The van der Waals surface area contributed by atoms with Gasteiger partial charge in [-0.1, -0.05) is 144 Å². The first-order valence-electron chi connectivity index (χ1n) is 36.5. The fourth-order valence-electron chi connectivity index (χ4n) is 8.75. The summed E-state index contributed by atoms with van der Waals surface area (Å²) in [5.41, 5.74) is -12.9. The van der Waals surface area contributed by atoms with Gasteiger partial charge in [-0.05, 0) is 125 Å². The highest BCUT2D eigenvalue weighted by molar-refractivity contribution is 6.37. The first-order valence-corrected chi connectivity index (χ1v) is 21.9. The summed E-state index contributed by atoms with van der Waals surface area (Å²) in [6, 6.07) is -26.0. The van der Waals surface area contributed by atoms with Crippen molar-refractivity contribution in [3.63, 3.8) is 0 Å². The Morgan fingerprint density at radius 2 is 1.07 bits per heavy atom. The molecule has 4 heterocycles. The molecule has 0 atom stereocenters. The molecule has 0 aliphatic carbocycles. The summed E-state index contributed by atoms with van der Waals surface area (Å²) in [6.45, 7) is 11.2. The van der Waals surface area contributed by atoms with E-state index in [-0.39, 0.29) is 21.9 Å². The molecular formula is C63H51ClN4O. The number of halogens is 1. The number of furan rings is 1. The summed E-state index contributed by atoms with van der Waals surface area (Å²) < 4.78 is 294. The molecule has 336 valence electrons. The van der Waals surface area contributed by atoms with Gasteiger partial charge in [-0.2, -0.15) is 0 Å². The van der Waals surface area contributed by atoms with Gasteiger partial charge in [0.05, 0.1) is 102 Å². The summed E-state index contributed by atoms with van der Waals surface area (Å²) in [5.74, 6) is 0. The Hall–Kier alpha value is -7.73. The van der Waals surface area contributed by atoms with Crippen LogP contribution in [-0.2, 0) is 10.8 Å². The number of para-hydroxylation sites is 6. The zero-order valence-corrected chi connectivity index (χ0v) is 38.3. The SMILES string of the molecule is [2H]c1c([2H])c([2H])c2c(c1[2H])N(c1c([2H])c(C)c([2H])c(N(c3c([2H])c([2H])c([2H])c(-n4c5c([2H])c([2H])c(C(C)(C)C)c([2H])c5c5c([2H])c(C(C)(C)C)c([2H])c([2H])c54)c3[2H])c3c([2H])c([2H])c([2H])c4c3oc3c([2H])c([2H])c([2H])c([2H])c34)c1Cl)c1c([2H])c([2H])c([2H])c3c4c([2H])c([2H])c([2H])c([2H])c4n-2c13. The Bertz CT molecular complexity index is 5790. The van der Waals surface area contributed by atoms with E-state index in [1.165, 1.54) is 0 Å². The van der Waals surface area contributed by atoms with Crippen LogP contribution in [0.3, 0.4) is 0 Å². The summed E-state index contributed by atoms with van der Waals surface area (Å²) in [4.78, 5) is 1.41. The predicted molar refractivity (Wildman–Crippen MR) is 292 cm³/mol. The molecule has 5 nitrogen and oxygen atoms in total. The highest BCUT2D eigenvalue weighted by Crippen LogP contribution is 2.54. The lowest BCUT2D eigenvalue weighted by Crippen LogP contribution is -2.19. The van der Waals surface area contributed by atoms with Crippen molar-refractivity contribution in [3.05, 3.63) is 203 Å². The van der Waals surface area contributed by atoms with Crippen molar-refractivity contribution in [3.8, 4) is 11.4 Å². The van der Waals surface area contributed by atoms with E-state index in [2.05, 4.69) is 0 Å². The van der Waals surface area contributed by atoms with Gasteiger partial charge in [0, 0.05) is 43.7 Å². The number of hydrogen-bond acceptors (Lipinski definition) is 3. The van der Waals surface area contributed by atoms with Gasteiger partial charge in [0.25, 0.3) is 0 Å². The van der Waals surface area contributed by atoms with Crippen molar-refractivity contribution in [2.75, 3.05) is 9.80 Å². The fraction of sp³-hybridized carbons (Fsp3) is 0.143. The maximum absolute atomic E-state index is 10.7. The third kappa shape index (κ3) is 6.23. The van der Waals surface area contributed by atoms with E-state index in [9.17, 15) is 30.2 Å². The maximum atomic E-state index is 10.7. The van der Waals surface area contributed by atoms with Crippen LogP contribution >= 0.6 is 11.6 Å². The van der Waals surface area contributed by atoms with Gasteiger partial charge in [-0.15, -0.1) is 0 Å². The standard InChI is InChI=1S/C63H51ClN4O/c1-38-33-56(59(64)57(34-38)67-52-24-11-12-25-53(52)68-49-23-10-8-19-43(49)45-21-15-26-54(67)60(45)68)66(55-27-16-22-46-44-20-9-13-28-58(44)69-61(46)55)42-18-14-17-41(37-42)65-50-31-29-39(62(2,3)4)35-47(50)48-36-40(63(5,6)7)30-32-51(48)65/h8-37H,1-7H3/i8D,9D,10D,11D,12D,13D,14D,15D,16D,17D,18D,19D,20D,21D,22D,23D,24D,25D,26D,27D,28D,29D,30D,31D,32D,33D,34D,35D,36D,37D. The zero-order chi connectivity index (χ0) is 73.2. The quantitative estimate of drug-likeness (QED) is 0.172. The first-order chi connectivity index (χ1) is 45.9. The Morgan fingerprint density at radius 1 is 0.478 bits per heavy atom. The molecule has 0 amide bonds. The van der Waals surface area contributed by atoms with Gasteiger partial charge in [-0.3, -0.25) is 0 Å². The minimum atomic E-state index is -1.19. The Kier molecular flexibility index (Phi) is 4.50. The lowest BCUT2D eigenvalue weighted by atomic mass is 9.85. The van der Waals surface area contributed by atoms with Crippen LogP contribution in [0.5, 0.6) is 0 Å². The normalized spacial score (nSPS) is 19.0. The van der Waals surface area contributed by atoms with E-state index in [0.29, 0.717) is 4.90 Å². The van der Waals surface area contributed by atoms with Gasteiger partial charge < -0.3 is 23.4 Å². The van der Waals surface area contributed by atoms with Crippen LogP contribution in [0.15, 0.2) is 186 Å². The van der Waals surface area contributed by atoms with E-state index in [1.54, 1.807) is 41.5 Å². The number of rotatable bonds is 5. The molecule has 69 heavy (non-hydrogen) atoms. The van der Waals surface area contributed by atoms with Crippen LogP contribution in [0.2, 0.25) is 5.02 Å². The van der Waals surface area contributed by atoms with Crippen molar-refractivity contribution in [1.82, 2.24) is 9.13 Å². The van der Waals surface area contributed by atoms with Gasteiger partial charge in [0.15, 0.2) is 5.58 Å². The molecule has 0 fully saturated rings. The van der Waals surface area contributed by atoms with Gasteiger partial charge >= 0.3 is 0 Å². The third-order valence-electron chi connectivity index (χ3n) is 12.0. The third-order valence-corrected chi connectivity index (χ3v) is 12.3. The Labute approximate surface area is 449 Å². The zero-order valence-electron chi connectivity index (χ0n) is 67.6. The minimum Gasteiger partial charge on any atom is -0.454 e. The van der Waals surface area contributed by atoms with Crippen molar-refractivity contribution < 1.29 is 45.5 Å². The summed E-state index contributed by atoms with van der Waals surface area (Å²) >= 11 is 7.93. The number of anilines is 6. The van der Waals surface area contributed by atoms with Crippen molar-refractivity contribution in [2.45, 2.75) is 59.3 Å². The van der Waals surface area contributed by atoms with Crippen LogP contribution in [0, 0.1) is 6.92 Å². The number of benzene rings is 9. The van der Waals surface area contributed by atoms with Gasteiger partial charge in [-0.25, -0.2) is 0 Å². The molecule has 0 saturated heterocycles. The molecule has 1 aliphatic heterocycles. The predicted octanol–water partition coefficient (Wildman–Crippen LogP) is 18.6. The largest absolute Gasteiger partial charge is 0.454 e. The molecule has 0 saturated carbocycles. The molecule has 3 aromatic heterocycles. The molecule has 9 aromatic carbocycles. The maximum Gasteiger partial charge on any atom is 0.159 e. The van der Waals surface area contributed by atoms with Crippen molar-refractivity contribution in [2.24, 2.45) is 0 Å². The van der Waals surface area contributed by atoms with E-state index >= 15 is 0 Å². The first kappa shape index (κ1) is 20.9. The molecule has 6 heteroatoms. The molecule has 1 aliphatic rings. The molecular weight excluding hydrogens is 864 g/mol. The summed E-state index contributed by atoms with van der Waals surface area (Å²) in [7, 11) is 0. The average Bonchev–Trinajstić information content (AvgIpc) is 1.58. The molecule has 0 unspecified atom stereocenters. The fourth-order valence-corrected chi connectivity index (χ4v) is 9.02. The second-order valence-corrected chi connectivity index (χ2v) is 18.9. The van der Waals surface area contributed by atoms with Crippen molar-refractivity contribution >= 4 is 111 Å². The van der Waals surface area contributed by atoms with E-state index in [1.807, 2.05) is 0 Å². The average molecular weight is 946 g/mol. The molecule has 0 N–H and O–H groups in total. The Morgan fingerprint density at radius 3 is 1.81 bits per heavy atom. The number of hydrogen-bond donors (Lipinski definition) is 0. The van der Waals surface area contributed by atoms with Crippen LogP contribution < -0.4 is 9.80 Å². The monoisotopic (exact) mass is 945 g/mol. The van der Waals surface area contributed by atoms with Crippen LogP contribution in [0.4, 0.5) is 34.1 Å². The highest BCUT2D eigenvalue weighted by atomic mass is 35.5. The highest BCUT2D eigenvalue weighted by Gasteiger charge is 2.32. The summed E-state index contributed by atoms with van der Waals surface area (Å²) in [5, 5.41) is -3.61. The van der Waals surface area contributed by atoms with E-state index < -0.39 is 303 Å². The molecule has 0 spiro atoms. The second kappa shape index (κ2) is 14.9. The van der Waals surface area contributed by atoms with E-state index in [4.69, 9.17) is 27.0 Å². The van der Waals surface area contributed by atoms with E-state index in [0.717, 1.165) is 21.0 Å². The molecule has 13 rings (SSSR count). The van der Waals surface area contributed by atoms with Crippen molar-refractivity contribution in [1.29, 1.82) is 0 Å². The lowest BCUT2D eigenvalue weighted by Gasteiger charge is -2.35. The van der Waals surface area contributed by atoms with Crippen LogP contribution in [0.25, 0.3) is 76.9 Å². The number of aromatic nitrogens is 2. The summed E-state index contributed by atoms with van der Waals surface area (Å²) in [6.07, 6.45) is 0. The molecule has 0 bridgehead atoms. The van der Waals surface area contributed by atoms with Crippen LogP contribution in [-0.4, -0.2) is 9.13 Å².